The van der Waals surface area contributed by atoms with Crippen molar-refractivity contribution in [2.24, 2.45) is 0 Å². The fourth-order valence-electron chi connectivity index (χ4n) is 3.02. The molecule has 0 aromatic carbocycles. The van der Waals surface area contributed by atoms with Gasteiger partial charge in [-0.1, -0.05) is 11.8 Å². The van der Waals surface area contributed by atoms with Crippen LogP contribution in [0.3, 0.4) is 0 Å². The third kappa shape index (κ3) is 4.01. The highest BCUT2D eigenvalue weighted by Crippen LogP contribution is 2.35. The minimum absolute atomic E-state index is 0.106. The van der Waals surface area contributed by atoms with Crippen molar-refractivity contribution < 1.29 is 14.3 Å². The summed E-state index contributed by atoms with van der Waals surface area (Å²) in [7, 11) is 0. The van der Waals surface area contributed by atoms with Gasteiger partial charge in [-0.25, -0.2) is 9.97 Å². The van der Waals surface area contributed by atoms with Crippen molar-refractivity contribution in [1.29, 1.82) is 0 Å². The number of ether oxygens (including phenoxy) is 1. The summed E-state index contributed by atoms with van der Waals surface area (Å²) in [5, 5.41) is 1.81. The van der Waals surface area contributed by atoms with E-state index in [0.29, 0.717) is 5.82 Å². The molecular formula is C18H23N3O3S2. The SMILES string of the molecule is Cc1nc(SCC(=O)O[C@H](C)C(=O)N2CCCC2)c2c(C)c(C)sc2n1. The van der Waals surface area contributed by atoms with Crippen molar-refractivity contribution in [2.45, 2.75) is 51.7 Å². The molecule has 0 N–H and O–H groups in total. The largest absolute Gasteiger partial charge is 0.452 e. The van der Waals surface area contributed by atoms with Crippen LogP contribution in [0, 0.1) is 20.8 Å². The Morgan fingerprint density at radius 3 is 2.62 bits per heavy atom. The number of aryl methyl sites for hydroxylation is 3. The number of carbonyl (C=O) groups excluding carboxylic acids is 2. The molecule has 1 aliphatic rings. The molecule has 1 amide bonds. The van der Waals surface area contributed by atoms with E-state index in [9.17, 15) is 9.59 Å². The van der Waals surface area contributed by atoms with Crippen LogP contribution in [0.2, 0.25) is 0 Å². The van der Waals surface area contributed by atoms with E-state index in [2.05, 4.69) is 16.9 Å². The second-order valence-corrected chi connectivity index (χ2v) is 8.66. The van der Waals surface area contributed by atoms with Crippen LogP contribution in [-0.2, 0) is 14.3 Å². The number of likely N-dealkylation sites (tertiary alicyclic amines) is 1. The normalized spacial score (nSPS) is 15.5. The molecule has 3 heterocycles. The molecule has 26 heavy (non-hydrogen) atoms. The van der Waals surface area contributed by atoms with E-state index < -0.39 is 12.1 Å². The molecular weight excluding hydrogens is 370 g/mol. The van der Waals surface area contributed by atoms with Crippen molar-refractivity contribution in [3.63, 3.8) is 0 Å². The summed E-state index contributed by atoms with van der Waals surface area (Å²) in [5.41, 5.74) is 1.15. The molecule has 1 atom stereocenters. The molecule has 2 aromatic rings. The van der Waals surface area contributed by atoms with Crippen molar-refractivity contribution in [2.75, 3.05) is 18.8 Å². The number of hydrogen-bond donors (Lipinski definition) is 0. The standard InChI is InChI=1S/C18H23N3O3S2/c1-10-12(3)26-17-15(10)16(19-13(4)20-17)25-9-14(22)24-11(2)18(23)21-7-5-6-8-21/h11H,5-9H2,1-4H3/t11-/m1/s1. The topological polar surface area (TPSA) is 72.4 Å². The van der Waals surface area contributed by atoms with Crippen molar-refractivity contribution in [1.82, 2.24) is 14.9 Å². The van der Waals surface area contributed by atoms with Gasteiger partial charge in [-0.05, 0) is 46.1 Å². The van der Waals surface area contributed by atoms with Gasteiger partial charge in [-0.2, -0.15) is 0 Å². The Bertz CT molecular complexity index is 844. The Morgan fingerprint density at radius 2 is 1.92 bits per heavy atom. The smallest absolute Gasteiger partial charge is 0.317 e. The predicted octanol–water partition coefficient (Wildman–Crippen LogP) is 3.26. The molecule has 1 aliphatic heterocycles. The van der Waals surface area contributed by atoms with Crippen molar-refractivity contribution in [3.05, 3.63) is 16.3 Å². The van der Waals surface area contributed by atoms with Crippen LogP contribution in [0.4, 0.5) is 0 Å². The quantitative estimate of drug-likeness (QED) is 0.441. The highest BCUT2D eigenvalue weighted by Gasteiger charge is 2.26. The minimum atomic E-state index is -0.738. The van der Waals surface area contributed by atoms with E-state index in [1.54, 1.807) is 23.2 Å². The van der Waals surface area contributed by atoms with E-state index >= 15 is 0 Å². The third-order valence-electron chi connectivity index (χ3n) is 4.51. The molecule has 0 spiro atoms. The lowest BCUT2D eigenvalue weighted by Crippen LogP contribution is -2.38. The maximum atomic E-state index is 12.2. The lowest BCUT2D eigenvalue weighted by molar-refractivity contribution is -0.156. The zero-order chi connectivity index (χ0) is 18.8. The van der Waals surface area contributed by atoms with Gasteiger partial charge in [0.15, 0.2) is 6.10 Å². The van der Waals surface area contributed by atoms with Crippen LogP contribution in [-0.4, -0.2) is 51.7 Å². The van der Waals surface area contributed by atoms with Crippen molar-refractivity contribution in [3.8, 4) is 0 Å². The molecule has 2 aromatic heterocycles. The first kappa shape index (κ1) is 19.1. The summed E-state index contributed by atoms with van der Waals surface area (Å²) in [4.78, 5) is 37.3. The predicted molar refractivity (Wildman–Crippen MR) is 104 cm³/mol. The Hall–Kier alpha value is -1.67. The van der Waals surface area contributed by atoms with Gasteiger partial charge in [0.25, 0.3) is 5.91 Å². The average molecular weight is 394 g/mol. The number of rotatable bonds is 5. The number of aromatic nitrogens is 2. The van der Waals surface area contributed by atoms with Gasteiger partial charge < -0.3 is 9.64 Å². The molecule has 0 aliphatic carbocycles. The van der Waals surface area contributed by atoms with E-state index in [0.717, 1.165) is 46.7 Å². The molecule has 1 saturated heterocycles. The van der Waals surface area contributed by atoms with Gasteiger partial charge in [0, 0.05) is 23.4 Å². The van der Waals surface area contributed by atoms with Crippen LogP contribution >= 0.6 is 23.1 Å². The van der Waals surface area contributed by atoms with E-state index in [1.165, 1.54) is 16.6 Å². The second kappa shape index (κ2) is 7.92. The molecule has 1 fully saturated rings. The Morgan fingerprint density at radius 1 is 1.23 bits per heavy atom. The van der Waals surface area contributed by atoms with Crippen LogP contribution in [0.15, 0.2) is 5.03 Å². The van der Waals surface area contributed by atoms with E-state index in [4.69, 9.17) is 4.74 Å². The number of hydrogen-bond acceptors (Lipinski definition) is 7. The molecule has 3 rings (SSSR count). The number of fused-ring (bicyclic) bond motifs is 1. The number of esters is 1. The second-order valence-electron chi connectivity index (χ2n) is 6.49. The van der Waals surface area contributed by atoms with Gasteiger partial charge in [0.1, 0.15) is 15.7 Å². The highest BCUT2D eigenvalue weighted by atomic mass is 32.2. The molecule has 140 valence electrons. The van der Waals surface area contributed by atoms with E-state index in [1.807, 2.05) is 13.8 Å². The van der Waals surface area contributed by atoms with Gasteiger partial charge in [0.2, 0.25) is 0 Å². The first-order valence-corrected chi connectivity index (χ1v) is 10.5. The number of nitrogens with zero attached hydrogens (tertiary/aromatic N) is 3. The maximum absolute atomic E-state index is 12.2. The fraction of sp³-hybridized carbons (Fsp3) is 0.556. The van der Waals surface area contributed by atoms with Gasteiger partial charge >= 0.3 is 5.97 Å². The summed E-state index contributed by atoms with van der Waals surface area (Å²) in [6, 6.07) is 0. The summed E-state index contributed by atoms with van der Waals surface area (Å²) in [6.07, 6.45) is 1.30. The number of thiophene rings is 1. The molecule has 8 heteroatoms. The number of amides is 1. The van der Waals surface area contributed by atoms with Crippen LogP contribution in [0.1, 0.15) is 36.0 Å². The highest BCUT2D eigenvalue weighted by molar-refractivity contribution is 8.00. The Labute approximate surface area is 161 Å². The Balaban J connectivity index is 1.64. The lowest BCUT2D eigenvalue weighted by atomic mass is 10.2. The Kier molecular flexibility index (Phi) is 5.82. The first-order valence-electron chi connectivity index (χ1n) is 8.72. The van der Waals surface area contributed by atoms with E-state index in [-0.39, 0.29) is 11.7 Å². The van der Waals surface area contributed by atoms with Gasteiger partial charge in [0.05, 0.1) is 5.75 Å². The molecule has 6 nitrogen and oxygen atoms in total. The van der Waals surface area contributed by atoms with Crippen LogP contribution < -0.4 is 0 Å². The third-order valence-corrected chi connectivity index (χ3v) is 6.56. The monoisotopic (exact) mass is 393 g/mol. The number of carbonyl (C=O) groups is 2. The van der Waals surface area contributed by atoms with Crippen molar-refractivity contribution >= 4 is 45.2 Å². The van der Waals surface area contributed by atoms with Gasteiger partial charge in [-0.3, -0.25) is 9.59 Å². The van der Waals surface area contributed by atoms with Crippen LogP contribution in [0.5, 0.6) is 0 Å². The maximum Gasteiger partial charge on any atom is 0.317 e. The lowest BCUT2D eigenvalue weighted by Gasteiger charge is -2.20. The molecule has 0 radical (unpaired) electrons. The molecule has 0 unspecified atom stereocenters. The molecule has 0 saturated carbocycles. The zero-order valence-corrected chi connectivity index (χ0v) is 17.1. The fourth-order valence-corrected chi connectivity index (χ4v) is 5.08. The van der Waals surface area contributed by atoms with Gasteiger partial charge in [-0.15, -0.1) is 11.3 Å². The summed E-state index contributed by atoms with van der Waals surface area (Å²) in [6.45, 7) is 9.11. The summed E-state index contributed by atoms with van der Waals surface area (Å²) >= 11 is 2.98. The molecule has 0 bridgehead atoms. The summed E-state index contributed by atoms with van der Waals surface area (Å²) < 4.78 is 5.33. The number of thioether (sulfide) groups is 1. The summed E-state index contributed by atoms with van der Waals surface area (Å²) in [5.74, 6) is 0.305. The minimum Gasteiger partial charge on any atom is -0.452 e. The zero-order valence-electron chi connectivity index (χ0n) is 15.5. The average Bonchev–Trinajstić information content (AvgIpc) is 3.21. The van der Waals surface area contributed by atoms with Crippen LogP contribution in [0.25, 0.3) is 10.2 Å². The first-order chi connectivity index (χ1) is 12.4.